The van der Waals surface area contributed by atoms with Crippen LogP contribution in [-0.2, 0) is 19.6 Å². The molecule has 1 saturated heterocycles. The first-order valence-electron chi connectivity index (χ1n) is 6.55. The van der Waals surface area contributed by atoms with E-state index >= 15 is 0 Å². The van der Waals surface area contributed by atoms with Gasteiger partial charge in [0.15, 0.2) is 5.25 Å². The minimum absolute atomic E-state index is 0.00295. The molecule has 1 heterocycles. The normalized spacial score (nSPS) is 19.1. The number of primary amides is 1. The molecule has 1 aliphatic rings. The molecule has 0 aromatic carbocycles. The fourth-order valence-corrected chi connectivity index (χ4v) is 3.21. The van der Waals surface area contributed by atoms with Gasteiger partial charge < -0.3 is 10.6 Å². The quantitative estimate of drug-likeness (QED) is 0.705. The molecular weight excluding hydrogens is 282 g/mol. The first-order chi connectivity index (χ1) is 9.15. The summed E-state index contributed by atoms with van der Waals surface area (Å²) in [5.74, 6) is -0.162. The van der Waals surface area contributed by atoms with Crippen LogP contribution in [0.15, 0.2) is 0 Å². The molecule has 20 heavy (non-hydrogen) atoms. The summed E-state index contributed by atoms with van der Waals surface area (Å²) >= 11 is 0. The molecule has 7 nitrogen and oxygen atoms in total. The lowest BCUT2D eigenvalue weighted by atomic mass is 10.0. The summed E-state index contributed by atoms with van der Waals surface area (Å²) in [6.45, 7) is 5.78. The standard InChI is InChI=1S/C12H22N3O4S/c1-8(2)12(17)15-6-4-10(5-7-15)14-20(18,19)9(3)11(13)16/h9-10,14H,4-7H2,1-3H3,(H2,13,16). The Labute approximate surface area is 119 Å². The summed E-state index contributed by atoms with van der Waals surface area (Å²) in [5.41, 5.74) is 5.01. The van der Waals surface area contributed by atoms with Gasteiger partial charge in [0.1, 0.15) is 0 Å². The fourth-order valence-electron chi connectivity index (χ4n) is 2.00. The molecule has 1 fully saturated rings. The smallest absolute Gasteiger partial charge is 0.236 e. The van der Waals surface area contributed by atoms with Crippen molar-refractivity contribution in [2.45, 2.75) is 44.9 Å². The molecule has 115 valence electrons. The highest BCUT2D eigenvalue weighted by Gasteiger charge is 2.31. The molecule has 1 rings (SSSR count). The van der Waals surface area contributed by atoms with E-state index in [1.54, 1.807) is 18.7 Å². The van der Waals surface area contributed by atoms with Gasteiger partial charge in [0.2, 0.25) is 21.8 Å². The van der Waals surface area contributed by atoms with E-state index in [9.17, 15) is 18.0 Å². The van der Waals surface area contributed by atoms with Gasteiger partial charge in [0.25, 0.3) is 0 Å². The molecular formula is C12H22N3O4S. The van der Waals surface area contributed by atoms with Crippen molar-refractivity contribution >= 4 is 21.8 Å². The van der Waals surface area contributed by atoms with Crippen molar-refractivity contribution in [2.24, 2.45) is 5.73 Å². The molecule has 0 aliphatic carbocycles. The van der Waals surface area contributed by atoms with Crippen LogP contribution in [-0.4, -0.2) is 49.5 Å². The SMILES string of the molecule is C[C](C)C(=O)N1CCC(NS(=O)(=O)C(C)C(N)=O)CC1. The summed E-state index contributed by atoms with van der Waals surface area (Å²) in [6, 6.07) is -0.261. The molecule has 1 atom stereocenters. The van der Waals surface area contributed by atoms with Crippen LogP contribution in [0.1, 0.15) is 33.6 Å². The summed E-state index contributed by atoms with van der Waals surface area (Å²) in [4.78, 5) is 24.4. The minimum Gasteiger partial charge on any atom is -0.369 e. The molecule has 0 aromatic heterocycles. The van der Waals surface area contributed by atoms with Gasteiger partial charge in [-0.3, -0.25) is 9.59 Å². The monoisotopic (exact) mass is 304 g/mol. The van der Waals surface area contributed by atoms with Crippen LogP contribution in [0, 0.1) is 5.92 Å². The maximum absolute atomic E-state index is 11.9. The number of hydrogen-bond donors (Lipinski definition) is 2. The number of nitrogens with one attached hydrogen (secondary N) is 1. The van der Waals surface area contributed by atoms with E-state index in [0.29, 0.717) is 31.8 Å². The lowest BCUT2D eigenvalue weighted by Gasteiger charge is -2.33. The highest BCUT2D eigenvalue weighted by molar-refractivity contribution is 7.90. The van der Waals surface area contributed by atoms with E-state index in [4.69, 9.17) is 5.73 Å². The van der Waals surface area contributed by atoms with Gasteiger partial charge in [0, 0.05) is 19.1 Å². The van der Waals surface area contributed by atoms with E-state index in [1.165, 1.54) is 6.92 Å². The van der Waals surface area contributed by atoms with Gasteiger partial charge in [-0.1, -0.05) is 0 Å². The van der Waals surface area contributed by atoms with Crippen molar-refractivity contribution in [3.8, 4) is 0 Å². The number of carbonyl (C=O) groups excluding carboxylic acids is 2. The van der Waals surface area contributed by atoms with Crippen molar-refractivity contribution < 1.29 is 18.0 Å². The van der Waals surface area contributed by atoms with E-state index in [2.05, 4.69) is 4.72 Å². The maximum Gasteiger partial charge on any atom is 0.236 e. The molecule has 0 aromatic rings. The third kappa shape index (κ3) is 4.17. The third-order valence-corrected chi connectivity index (χ3v) is 5.23. The number of nitrogens with two attached hydrogens (primary N) is 1. The predicted molar refractivity (Wildman–Crippen MR) is 74.9 cm³/mol. The van der Waals surface area contributed by atoms with Crippen LogP contribution < -0.4 is 10.5 Å². The van der Waals surface area contributed by atoms with Gasteiger partial charge in [-0.25, -0.2) is 13.1 Å². The van der Waals surface area contributed by atoms with Crippen molar-refractivity contribution in [1.29, 1.82) is 0 Å². The first-order valence-corrected chi connectivity index (χ1v) is 8.09. The zero-order valence-electron chi connectivity index (χ0n) is 12.0. The second kappa shape index (κ2) is 6.53. The summed E-state index contributed by atoms with van der Waals surface area (Å²) in [5, 5.41) is -1.26. The first kappa shape index (κ1) is 16.9. The number of hydrogen-bond acceptors (Lipinski definition) is 4. The van der Waals surface area contributed by atoms with Crippen LogP contribution in [0.3, 0.4) is 0 Å². The molecule has 3 N–H and O–H groups in total. The lowest BCUT2D eigenvalue weighted by molar-refractivity contribution is -0.130. The number of likely N-dealkylation sites (tertiary alicyclic amines) is 1. The summed E-state index contributed by atoms with van der Waals surface area (Å²) in [7, 11) is -3.75. The maximum atomic E-state index is 11.9. The number of amides is 2. The van der Waals surface area contributed by atoms with Gasteiger partial charge in [0.05, 0.1) is 5.92 Å². The van der Waals surface area contributed by atoms with Crippen LogP contribution >= 0.6 is 0 Å². The van der Waals surface area contributed by atoms with E-state index in [0.717, 1.165) is 0 Å². The Hall–Kier alpha value is -1.15. The Balaban J connectivity index is 2.55. The van der Waals surface area contributed by atoms with E-state index < -0.39 is 21.2 Å². The number of nitrogens with zero attached hydrogens (tertiary/aromatic N) is 1. The van der Waals surface area contributed by atoms with Crippen LogP contribution in [0.5, 0.6) is 0 Å². The lowest BCUT2D eigenvalue weighted by Crippen LogP contribution is -2.50. The predicted octanol–water partition coefficient (Wildman–Crippen LogP) is -0.615. The van der Waals surface area contributed by atoms with Gasteiger partial charge >= 0.3 is 0 Å². The van der Waals surface area contributed by atoms with Gasteiger partial charge in [-0.05, 0) is 33.6 Å². The molecule has 1 radical (unpaired) electrons. The zero-order valence-corrected chi connectivity index (χ0v) is 12.9. The van der Waals surface area contributed by atoms with Crippen LogP contribution in [0.25, 0.3) is 0 Å². The third-order valence-electron chi connectivity index (χ3n) is 3.41. The Morgan fingerprint density at radius 2 is 1.75 bits per heavy atom. The topological polar surface area (TPSA) is 110 Å². The molecule has 2 amide bonds. The second-order valence-corrected chi connectivity index (χ2v) is 7.31. The Kier molecular flexibility index (Phi) is 5.52. The number of carbonyl (C=O) groups is 2. The van der Waals surface area contributed by atoms with Crippen molar-refractivity contribution in [2.75, 3.05) is 13.1 Å². The fraction of sp³-hybridized carbons (Fsp3) is 0.750. The van der Waals surface area contributed by atoms with Gasteiger partial charge in [-0.15, -0.1) is 0 Å². The van der Waals surface area contributed by atoms with Crippen molar-refractivity contribution in [3.63, 3.8) is 0 Å². The minimum atomic E-state index is -3.75. The number of sulfonamides is 1. The van der Waals surface area contributed by atoms with E-state index in [-0.39, 0.29) is 11.9 Å². The van der Waals surface area contributed by atoms with Crippen molar-refractivity contribution in [3.05, 3.63) is 5.92 Å². The molecule has 0 spiro atoms. The average molecular weight is 304 g/mol. The zero-order chi connectivity index (χ0) is 15.5. The molecule has 0 saturated carbocycles. The second-order valence-electron chi connectivity index (χ2n) is 5.27. The largest absolute Gasteiger partial charge is 0.369 e. The van der Waals surface area contributed by atoms with Crippen molar-refractivity contribution in [1.82, 2.24) is 9.62 Å². The van der Waals surface area contributed by atoms with Crippen LogP contribution in [0.4, 0.5) is 0 Å². The van der Waals surface area contributed by atoms with Crippen LogP contribution in [0.2, 0.25) is 0 Å². The molecule has 1 unspecified atom stereocenters. The molecule has 0 bridgehead atoms. The molecule has 8 heteroatoms. The Morgan fingerprint density at radius 1 is 1.25 bits per heavy atom. The van der Waals surface area contributed by atoms with Gasteiger partial charge in [-0.2, -0.15) is 0 Å². The highest BCUT2D eigenvalue weighted by Crippen LogP contribution is 2.15. The summed E-state index contributed by atoms with van der Waals surface area (Å²) in [6.07, 6.45) is 1.06. The Morgan fingerprint density at radius 3 is 2.15 bits per heavy atom. The highest BCUT2D eigenvalue weighted by atomic mass is 32.2. The average Bonchev–Trinajstić information content (AvgIpc) is 2.37. The Bertz CT molecular complexity index is 467. The van der Waals surface area contributed by atoms with E-state index in [1.807, 2.05) is 0 Å². The summed E-state index contributed by atoms with van der Waals surface area (Å²) < 4.78 is 26.2. The molecule has 1 aliphatic heterocycles. The number of piperidine rings is 1. The number of rotatable bonds is 5.